The smallest absolute Gasteiger partial charge is 0.190 e. The number of rotatable bonds is 2. The van der Waals surface area contributed by atoms with Gasteiger partial charge in [-0.1, -0.05) is 6.07 Å². The van der Waals surface area contributed by atoms with Crippen molar-refractivity contribution in [3.05, 3.63) is 35.4 Å². The molecular formula is C20H27FN4. The Morgan fingerprint density at radius 1 is 1.12 bits per heavy atom. The van der Waals surface area contributed by atoms with Gasteiger partial charge in [-0.05, 0) is 38.3 Å². The molecule has 1 unspecified atom stereocenters. The molecule has 0 amide bonds. The van der Waals surface area contributed by atoms with E-state index in [2.05, 4.69) is 53.8 Å². The van der Waals surface area contributed by atoms with Gasteiger partial charge in [0, 0.05) is 56.9 Å². The molecule has 25 heavy (non-hydrogen) atoms. The summed E-state index contributed by atoms with van der Waals surface area (Å²) >= 11 is 0. The summed E-state index contributed by atoms with van der Waals surface area (Å²) in [4.78, 5) is 3.85. The van der Waals surface area contributed by atoms with Crippen molar-refractivity contribution in [2.24, 2.45) is 0 Å². The van der Waals surface area contributed by atoms with Crippen molar-refractivity contribution in [3.63, 3.8) is 0 Å². The van der Waals surface area contributed by atoms with E-state index < -0.39 is 0 Å². The molecule has 4 nitrogen and oxygen atoms in total. The minimum Gasteiger partial charge on any atom is -0.378 e. The maximum absolute atomic E-state index is 14.4. The Morgan fingerprint density at radius 2 is 1.84 bits per heavy atom. The number of aromatic nitrogens is 1. The maximum atomic E-state index is 14.4. The van der Waals surface area contributed by atoms with Gasteiger partial charge in [0.15, 0.2) is 5.95 Å². The van der Waals surface area contributed by atoms with Crippen molar-refractivity contribution in [1.82, 2.24) is 9.58 Å². The summed E-state index contributed by atoms with van der Waals surface area (Å²) in [6.07, 6.45) is 5.44. The van der Waals surface area contributed by atoms with Crippen LogP contribution < -0.4 is 9.91 Å². The lowest BCUT2D eigenvalue weighted by molar-refractivity contribution is 0.246. The molecule has 2 aliphatic rings. The van der Waals surface area contributed by atoms with Crippen LogP contribution in [0.3, 0.4) is 0 Å². The molecule has 1 fully saturated rings. The van der Waals surface area contributed by atoms with Crippen LogP contribution in [0.15, 0.2) is 24.1 Å². The third-order valence-electron chi connectivity index (χ3n) is 5.71. The van der Waals surface area contributed by atoms with Crippen molar-refractivity contribution in [2.75, 3.05) is 44.1 Å². The van der Waals surface area contributed by atoms with E-state index in [-0.39, 0.29) is 12.0 Å². The number of halogens is 1. The highest BCUT2D eigenvalue weighted by Crippen LogP contribution is 2.40. The number of nitrogens with zero attached hydrogens (tertiary/aromatic N) is 4. The summed E-state index contributed by atoms with van der Waals surface area (Å²) in [5.74, 6) is -0.158. The lowest BCUT2D eigenvalue weighted by Crippen LogP contribution is -2.41. The van der Waals surface area contributed by atoms with Crippen molar-refractivity contribution >= 4 is 22.7 Å². The summed E-state index contributed by atoms with van der Waals surface area (Å²) in [6.45, 7) is 4.22. The van der Waals surface area contributed by atoms with Crippen LogP contribution in [-0.4, -0.2) is 43.8 Å². The minimum absolute atomic E-state index is 0.0112. The van der Waals surface area contributed by atoms with E-state index in [1.807, 2.05) is 7.05 Å². The van der Waals surface area contributed by atoms with Gasteiger partial charge >= 0.3 is 0 Å². The highest BCUT2D eigenvalue weighted by Gasteiger charge is 2.31. The third kappa shape index (κ3) is 2.48. The van der Waals surface area contributed by atoms with Crippen LogP contribution >= 0.6 is 0 Å². The normalized spacial score (nSPS) is 20.7. The van der Waals surface area contributed by atoms with Crippen molar-refractivity contribution < 1.29 is 4.39 Å². The molecule has 5 heteroatoms. The Balaban J connectivity index is 2.01. The van der Waals surface area contributed by atoms with Crippen LogP contribution in [0.2, 0.25) is 0 Å². The standard InChI is InChI=1S/C20H27FN4/c1-14-20-17(13-19(21)23(14)4)16-9-8-15(22(2)3)12-18(16)25(20)24-10-6-5-7-11-24/h8-9,12-14H,5-7,10-11H2,1-4H3. The molecule has 1 saturated heterocycles. The number of piperidine rings is 1. The largest absolute Gasteiger partial charge is 0.378 e. The topological polar surface area (TPSA) is 14.7 Å². The van der Waals surface area contributed by atoms with E-state index >= 15 is 0 Å². The van der Waals surface area contributed by atoms with Crippen LogP contribution in [0, 0.1) is 0 Å². The molecule has 1 aromatic heterocycles. The zero-order valence-electron chi connectivity index (χ0n) is 15.6. The second-order valence-corrected chi connectivity index (χ2v) is 7.47. The number of fused-ring (bicyclic) bond motifs is 3. The maximum Gasteiger partial charge on any atom is 0.190 e. The van der Waals surface area contributed by atoms with Crippen LogP contribution in [0.4, 0.5) is 10.1 Å². The fourth-order valence-corrected chi connectivity index (χ4v) is 4.11. The van der Waals surface area contributed by atoms with Gasteiger partial charge in [-0.2, -0.15) is 4.39 Å². The zero-order valence-corrected chi connectivity index (χ0v) is 15.6. The van der Waals surface area contributed by atoms with Gasteiger partial charge in [0.25, 0.3) is 0 Å². The molecule has 2 aliphatic heterocycles. The summed E-state index contributed by atoms with van der Waals surface area (Å²) in [5.41, 5.74) is 4.60. The van der Waals surface area contributed by atoms with Crippen LogP contribution in [0.25, 0.3) is 17.0 Å². The molecule has 1 atom stereocenters. The van der Waals surface area contributed by atoms with Gasteiger partial charge in [0.1, 0.15) is 0 Å². The molecule has 0 bridgehead atoms. The third-order valence-corrected chi connectivity index (χ3v) is 5.71. The highest BCUT2D eigenvalue weighted by molar-refractivity contribution is 5.94. The molecule has 134 valence electrons. The highest BCUT2D eigenvalue weighted by atomic mass is 19.1. The van der Waals surface area contributed by atoms with Crippen molar-refractivity contribution in [3.8, 4) is 0 Å². The van der Waals surface area contributed by atoms with Gasteiger partial charge in [0.05, 0.1) is 17.3 Å². The Kier molecular flexibility index (Phi) is 3.89. The lowest BCUT2D eigenvalue weighted by atomic mass is 10.0. The van der Waals surface area contributed by atoms with E-state index in [0.717, 1.165) is 24.0 Å². The molecule has 0 N–H and O–H groups in total. The first-order valence-electron chi connectivity index (χ1n) is 9.20. The Bertz CT molecular complexity index is 830. The fourth-order valence-electron chi connectivity index (χ4n) is 4.11. The second kappa shape index (κ2) is 5.97. The van der Waals surface area contributed by atoms with Crippen LogP contribution in [-0.2, 0) is 0 Å². The Labute approximate surface area is 149 Å². The first-order chi connectivity index (χ1) is 12.0. The van der Waals surface area contributed by atoms with Crippen LogP contribution in [0.1, 0.15) is 43.5 Å². The summed E-state index contributed by atoms with van der Waals surface area (Å²) in [5, 5.41) is 3.59. The Hall–Kier alpha value is -2.17. The number of anilines is 1. The first-order valence-corrected chi connectivity index (χ1v) is 9.20. The second-order valence-electron chi connectivity index (χ2n) is 7.47. The molecule has 3 heterocycles. The van der Waals surface area contributed by atoms with Crippen molar-refractivity contribution in [2.45, 2.75) is 32.2 Å². The minimum atomic E-state index is -0.158. The van der Waals surface area contributed by atoms with Gasteiger partial charge in [-0.25, -0.2) is 0 Å². The first kappa shape index (κ1) is 16.3. The SMILES string of the molecule is CC1c2c(c3ccc(N(C)C)cc3n2N2CCCCC2)C=C(F)N1C. The fraction of sp³-hybridized carbons (Fsp3) is 0.500. The van der Waals surface area contributed by atoms with E-state index in [4.69, 9.17) is 0 Å². The van der Waals surface area contributed by atoms with Gasteiger partial charge in [-0.3, -0.25) is 4.68 Å². The quantitative estimate of drug-likeness (QED) is 0.764. The molecule has 0 radical (unpaired) electrons. The van der Waals surface area contributed by atoms with Gasteiger partial charge < -0.3 is 14.8 Å². The molecule has 0 spiro atoms. The van der Waals surface area contributed by atoms with E-state index in [9.17, 15) is 4.39 Å². The van der Waals surface area contributed by atoms with E-state index in [0.29, 0.717) is 0 Å². The summed E-state index contributed by atoms with van der Waals surface area (Å²) in [7, 11) is 5.96. The van der Waals surface area contributed by atoms with Gasteiger partial charge in [-0.15, -0.1) is 0 Å². The van der Waals surface area contributed by atoms with Gasteiger partial charge in [0.2, 0.25) is 0 Å². The molecule has 0 aliphatic carbocycles. The average molecular weight is 342 g/mol. The van der Waals surface area contributed by atoms with E-state index in [1.165, 1.54) is 36.2 Å². The molecule has 1 aromatic carbocycles. The van der Waals surface area contributed by atoms with Crippen molar-refractivity contribution in [1.29, 1.82) is 0 Å². The van der Waals surface area contributed by atoms with E-state index in [1.54, 1.807) is 11.0 Å². The molecule has 2 aromatic rings. The van der Waals surface area contributed by atoms with Crippen LogP contribution in [0.5, 0.6) is 0 Å². The lowest BCUT2D eigenvalue weighted by Gasteiger charge is -2.36. The number of benzene rings is 1. The molecular weight excluding hydrogens is 315 g/mol. The zero-order chi connectivity index (χ0) is 17.7. The number of hydrogen-bond donors (Lipinski definition) is 0. The average Bonchev–Trinajstić information content (AvgIpc) is 2.94. The summed E-state index contributed by atoms with van der Waals surface area (Å²) in [6, 6.07) is 6.52. The molecule has 4 rings (SSSR count). The predicted molar refractivity (Wildman–Crippen MR) is 103 cm³/mol. The monoisotopic (exact) mass is 342 g/mol. The predicted octanol–water partition coefficient (Wildman–Crippen LogP) is 4.10. The Morgan fingerprint density at radius 3 is 2.52 bits per heavy atom. The summed E-state index contributed by atoms with van der Waals surface area (Å²) < 4.78 is 16.8. The number of hydrogen-bond acceptors (Lipinski definition) is 3. The molecule has 0 saturated carbocycles.